The molecule has 1 saturated heterocycles. The SMILES string of the molecule is C=C(c1ccc(OC(C)C)nc1)c1cc(NC(=O)[C@]2(OC)CCN(CC(=C)N3CC=C(c4ccc(-c5ncn(C)n5)cn4)CC3)C2)ccc1NN. The lowest BCUT2D eigenvalue weighted by Gasteiger charge is -2.32. The number of carbonyl (C=O) groups is 1. The lowest BCUT2D eigenvalue weighted by molar-refractivity contribution is -0.136. The van der Waals surface area contributed by atoms with E-state index < -0.39 is 5.60 Å². The van der Waals surface area contributed by atoms with Crippen molar-refractivity contribution >= 4 is 28.4 Å². The highest BCUT2D eigenvalue weighted by Crippen LogP contribution is 2.33. The van der Waals surface area contributed by atoms with Crippen molar-refractivity contribution in [2.75, 3.05) is 50.6 Å². The molecule has 13 nitrogen and oxygen atoms in total. The summed E-state index contributed by atoms with van der Waals surface area (Å²) in [6, 6.07) is 13.2. The Hall–Kier alpha value is -5.37. The number of pyridine rings is 2. The smallest absolute Gasteiger partial charge is 0.258 e. The fourth-order valence-electron chi connectivity index (χ4n) is 6.44. The molecule has 1 amide bonds. The van der Waals surface area contributed by atoms with Crippen LogP contribution in [0.1, 0.15) is 43.5 Å². The molecule has 3 aromatic heterocycles. The minimum Gasteiger partial charge on any atom is -0.475 e. The van der Waals surface area contributed by atoms with Gasteiger partial charge in [0, 0.05) is 93.4 Å². The molecule has 2 aliphatic heterocycles. The molecular weight excluding hydrogens is 644 g/mol. The topological polar surface area (TPSA) is 149 Å². The zero-order chi connectivity index (χ0) is 36.1. The molecule has 0 radical (unpaired) electrons. The average Bonchev–Trinajstić information content (AvgIpc) is 3.78. The van der Waals surface area contributed by atoms with Crippen LogP contribution in [-0.2, 0) is 16.6 Å². The third-order valence-corrected chi connectivity index (χ3v) is 9.33. The fraction of sp³-hybridized carbons (Fsp3) is 0.342. The minimum absolute atomic E-state index is 0.0206. The molecule has 1 fully saturated rings. The Morgan fingerprint density at radius 2 is 1.92 bits per heavy atom. The maximum Gasteiger partial charge on any atom is 0.258 e. The second-order valence-corrected chi connectivity index (χ2v) is 13.2. The quantitative estimate of drug-likeness (QED) is 0.132. The number of nitrogens with two attached hydrogens (primary N) is 1. The number of aromatic nitrogens is 5. The number of nitrogens with one attached hydrogen (secondary N) is 2. The highest BCUT2D eigenvalue weighted by Gasteiger charge is 2.45. The van der Waals surface area contributed by atoms with E-state index in [0.29, 0.717) is 54.7 Å². The van der Waals surface area contributed by atoms with Crippen LogP contribution in [0, 0.1) is 0 Å². The van der Waals surface area contributed by atoms with Crippen LogP contribution in [0.3, 0.4) is 0 Å². The first-order chi connectivity index (χ1) is 24.6. The van der Waals surface area contributed by atoms with Gasteiger partial charge in [-0.15, -0.1) is 0 Å². The monoisotopic (exact) mass is 690 g/mol. The van der Waals surface area contributed by atoms with Crippen molar-refractivity contribution in [2.45, 2.75) is 38.4 Å². The van der Waals surface area contributed by atoms with Crippen molar-refractivity contribution in [3.05, 3.63) is 103 Å². The van der Waals surface area contributed by atoms with Gasteiger partial charge in [-0.2, -0.15) is 5.10 Å². The summed E-state index contributed by atoms with van der Waals surface area (Å²) in [5.74, 6) is 6.84. The summed E-state index contributed by atoms with van der Waals surface area (Å²) < 4.78 is 13.3. The number of hydrogen-bond acceptors (Lipinski definition) is 11. The number of hydrazine groups is 1. The highest BCUT2D eigenvalue weighted by atomic mass is 16.5. The van der Waals surface area contributed by atoms with Gasteiger partial charge in [-0.05, 0) is 74.2 Å². The van der Waals surface area contributed by atoms with E-state index in [-0.39, 0.29) is 12.0 Å². The Kier molecular flexibility index (Phi) is 10.6. The standard InChI is InChI=1S/C38H46N10O3/c1-25(2)51-35-12-8-29(20-41-35)27(4)32-19-31(9-11-34(32)44-39)43-37(49)38(50-6)15-18-47(23-38)22-26(3)48-16-13-28(14-17-48)33-10-7-30(21-40-33)36-42-24-46(5)45-36/h7-13,19-21,24-25,44H,3-4,14-18,22-23,39H2,1-2,5-6H3,(H,43,49)/t38-/m0/s1. The van der Waals surface area contributed by atoms with Crippen molar-refractivity contribution in [1.82, 2.24) is 34.5 Å². The lowest BCUT2D eigenvalue weighted by atomic mass is 9.98. The van der Waals surface area contributed by atoms with Gasteiger partial charge in [-0.3, -0.25) is 25.2 Å². The third kappa shape index (κ3) is 8.01. The van der Waals surface area contributed by atoms with Gasteiger partial charge in [0.05, 0.1) is 17.5 Å². The Bertz CT molecular complexity index is 1920. The molecule has 5 heterocycles. The number of benzene rings is 1. The summed E-state index contributed by atoms with van der Waals surface area (Å²) in [7, 11) is 3.44. The molecular formula is C38H46N10O3. The number of anilines is 2. The normalized spacial score (nSPS) is 17.7. The van der Waals surface area contributed by atoms with Gasteiger partial charge in [0.2, 0.25) is 5.88 Å². The van der Waals surface area contributed by atoms with E-state index in [1.54, 1.807) is 30.4 Å². The number of amides is 1. The highest BCUT2D eigenvalue weighted by molar-refractivity contribution is 5.99. The van der Waals surface area contributed by atoms with Gasteiger partial charge >= 0.3 is 0 Å². The number of nitrogen functional groups attached to an aromatic ring is 1. The summed E-state index contributed by atoms with van der Waals surface area (Å²) in [5, 5.41) is 7.44. The number of rotatable bonds is 13. The predicted octanol–water partition coefficient (Wildman–Crippen LogP) is 4.74. The first-order valence-electron chi connectivity index (χ1n) is 17.0. The average molecular weight is 691 g/mol. The largest absolute Gasteiger partial charge is 0.475 e. The van der Waals surface area contributed by atoms with Crippen molar-refractivity contribution in [3.63, 3.8) is 0 Å². The number of nitrogens with zero attached hydrogens (tertiary/aromatic N) is 7. The molecule has 4 N–H and O–H groups in total. The molecule has 0 saturated carbocycles. The molecule has 0 unspecified atom stereocenters. The van der Waals surface area contributed by atoms with Crippen molar-refractivity contribution in [2.24, 2.45) is 12.9 Å². The summed E-state index contributed by atoms with van der Waals surface area (Å²) in [6.45, 7) is 16.0. The van der Waals surface area contributed by atoms with E-state index in [4.69, 9.17) is 15.3 Å². The number of carbonyl (C=O) groups excluding carboxylic acids is 1. The van der Waals surface area contributed by atoms with Crippen LogP contribution in [0.2, 0.25) is 0 Å². The third-order valence-electron chi connectivity index (χ3n) is 9.33. The Balaban J connectivity index is 1.05. The molecule has 6 rings (SSSR count). The van der Waals surface area contributed by atoms with E-state index in [9.17, 15) is 4.79 Å². The van der Waals surface area contributed by atoms with Gasteiger partial charge in [0.25, 0.3) is 5.91 Å². The van der Waals surface area contributed by atoms with Gasteiger partial charge < -0.3 is 25.1 Å². The van der Waals surface area contributed by atoms with Crippen LogP contribution in [0.25, 0.3) is 22.5 Å². The van der Waals surface area contributed by atoms with Gasteiger partial charge in [0.15, 0.2) is 11.4 Å². The summed E-state index contributed by atoms with van der Waals surface area (Å²) in [5.41, 5.74) is 9.31. The van der Waals surface area contributed by atoms with Gasteiger partial charge in [-0.1, -0.05) is 19.2 Å². The number of ether oxygens (including phenoxy) is 2. The lowest BCUT2D eigenvalue weighted by Crippen LogP contribution is -2.47. The second-order valence-electron chi connectivity index (χ2n) is 13.2. The fourth-order valence-corrected chi connectivity index (χ4v) is 6.44. The number of methoxy groups -OCH3 is 1. The second kappa shape index (κ2) is 15.3. The zero-order valence-electron chi connectivity index (χ0n) is 29.7. The van der Waals surface area contributed by atoms with E-state index >= 15 is 0 Å². The first kappa shape index (κ1) is 35.5. The molecule has 51 heavy (non-hydrogen) atoms. The van der Waals surface area contributed by atoms with Crippen molar-refractivity contribution < 1.29 is 14.3 Å². The number of likely N-dealkylation sites (tertiary alicyclic amines) is 1. The molecule has 13 heteroatoms. The first-order valence-corrected chi connectivity index (χ1v) is 17.0. The number of aryl methyl sites for hydroxylation is 1. The Morgan fingerprint density at radius 3 is 2.55 bits per heavy atom. The van der Waals surface area contributed by atoms with Crippen LogP contribution < -0.4 is 21.3 Å². The molecule has 266 valence electrons. The van der Waals surface area contributed by atoms with Crippen LogP contribution in [0.5, 0.6) is 5.88 Å². The molecule has 0 spiro atoms. The van der Waals surface area contributed by atoms with Crippen LogP contribution >= 0.6 is 0 Å². The van der Waals surface area contributed by atoms with E-state index in [1.807, 2.05) is 63.5 Å². The molecule has 0 aliphatic carbocycles. The molecule has 1 aromatic carbocycles. The van der Waals surface area contributed by atoms with Gasteiger partial charge in [0.1, 0.15) is 6.33 Å². The maximum absolute atomic E-state index is 13.8. The van der Waals surface area contributed by atoms with E-state index in [0.717, 1.165) is 47.6 Å². The Morgan fingerprint density at radius 1 is 1.08 bits per heavy atom. The van der Waals surface area contributed by atoms with Crippen molar-refractivity contribution in [3.8, 4) is 17.3 Å². The summed E-state index contributed by atoms with van der Waals surface area (Å²) >= 11 is 0. The Labute approximate surface area is 298 Å². The maximum atomic E-state index is 13.8. The van der Waals surface area contributed by atoms with E-state index in [2.05, 4.69) is 59.8 Å². The van der Waals surface area contributed by atoms with Crippen molar-refractivity contribution in [1.29, 1.82) is 0 Å². The molecule has 4 aromatic rings. The summed E-state index contributed by atoms with van der Waals surface area (Å²) in [4.78, 5) is 31.7. The molecule has 1 atom stereocenters. The molecule has 0 bridgehead atoms. The predicted molar refractivity (Wildman–Crippen MR) is 199 cm³/mol. The van der Waals surface area contributed by atoms with Crippen LogP contribution in [0.15, 0.2) is 86.1 Å². The summed E-state index contributed by atoms with van der Waals surface area (Å²) in [6.07, 6.45) is 8.87. The molecule has 2 aliphatic rings. The van der Waals surface area contributed by atoms with Crippen LogP contribution in [0.4, 0.5) is 11.4 Å². The number of hydrogen-bond donors (Lipinski definition) is 3. The minimum atomic E-state index is -1.00. The zero-order valence-corrected chi connectivity index (χ0v) is 29.7. The van der Waals surface area contributed by atoms with Gasteiger partial charge in [-0.25, -0.2) is 9.97 Å². The van der Waals surface area contributed by atoms with E-state index in [1.165, 1.54) is 5.57 Å². The van der Waals surface area contributed by atoms with Crippen LogP contribution in [-0.4, -0.2) is 92.0 Å².